The van der Waals surface area contributed by atoms with E-state index in [1.165, 1.54) is 21.9 Å². The molecule has 234 valence electrons. The number of aliphatic imine (C=N–C) groups is 2. The molecular weight excluding hydrogens is 597 g/mol. The third-order valence-electron chi connectivity index (χ3n) is 9.78. The summed E-state index contributed by atoms with van der Waals surface area (Å²) in [7, 11) is 0. The van der Waals surface area contributed by atoms with Gasteiger partial charge >= 0.3 is 0 Å². The first-order valence-corrected chi connectivity index (χ1v) is 17.0. The van der Waals surface area contributed by atoms with Gasteiger partial charge in [-0.15, -0.1) is 0 Å². The summed E-state index contributed by atoms with van der Waals surface area (Å²) < 4.78 is 6.76. The molecule has 0 spiro atoms. The molecule has 0 N–H and O–H groups in total. The second-order valence-electron chi connectivity index (χ2n) is 13.1. The monoisotopic (exact) mass is 630 g/mol. The molecule has 3 heteroatoms. The van der Waals surface area contributed by atoms with Gasteiger partial charge in [-0.3, -0.25) is 4.99 Å². The molecule has 0 aliphatic carbocycles. The zero-order chi connectivity index (χ0) is 32.7. The molecule has 49 heavy (non-hydrogen) atoms. The fourth-order valence-electron chi connectivity index (χ4n) is 7.33. The summed E-state index contributed by atoms with van der Waals surface area (Å²) in [5, 5.41) is 4.62. The van der Waals surface area contributed by atoms with Crippen molar-refractivity contribution >= 4 is 44.3 Å². The summed E-state index contributed by atoms with van der Waals surface area (Å²) in [6.45, 7) is 2.30. The van der Waals surface area contributed by atoms with E-state index in [0.717, 1.165) is 67.7 Å². The molecule has 0 saturated heterocycles. The molecule has 2 heterocycles. The fraction of sp³-hybridized carbons (Fsp3) is 0.0870. The number of benzene rings is 7. The number of rotatable bonds is 5. The van der Waals surface area contributed by atoms with Crippen LogP contribution in [-0.2, 0) is 0 Å². The van der Waals surface area contributed by atoms with Gasteiger partial charge in [-0.2, -0.15) is 0 Å². The standard InChI is InChI=1S/C46H34N2O/c1-30-24-41(32-16-7-3-8-17-32)47-46(33-18-9-4-10-19-33)48-45(30)38-27-39(37-23-13-22-34(25-37)31-14-5-2-6-15-31)44-40-26-35-20-11-12-21-36(35)28-42(40)49-43(44)29-38/h2-23,25-30,45H,24H2,1H3. The predicted octanol–water partition coefficient (Wildman–Crippen LogP) is 12.1. The van der Waals surface area contributed by atoms with E-state index in [4.69, 9.17) is 14.4 Å². The van der Waals surface area contributed by atoms with Gasteiger partial charge in [-0.1, -0.05) is 140 Å². The van der Waals surface area contributed by atoms with Crippen molar-refractivity contribution in [2.75, 3.05) is 0 Å². The van der Waals surface area contributed by atoms with Crippen molar-refractivity contribution in [1.82, 2.24) is 0 Å². The smallest absolute Gasteiger partial charge is 0.155 e. The molecule has 1 aromatic heterocycles. The van der Waals surface area contributed by atoms with E-state index in [2.05, 4.69) is 165 Å². The van der Waals surface area contributed by atoms with E-state index in [9.17, 15) is 0 Å². The van der Waals surface area contributed by atoms with Gasteiger partial charge < -0.3 is 4.42 Å². The molecule has 0 amide bonds. The lowest BCUT2D eigenvalue weighted by Gasteiger charge is -2.21. The normalized spacial score (nSPS) is 16.4. The Morgan fingerprint density at radius 2 is 1.14 bits per heavy atom. The molecule has 1 aliphatic heterocycles. The Kier molecular flexibility index (Phi) is 7.24. The molecule has 0 fully saturated rings. The Bertz CT molecular complexity index is 2530. The third kappa shape index (κ3) is 5.44. The maximum absolute atomic E-state index is 6.76. The second kappa shape index (κ2) is 12.2. The van der Waals surface area contributed by atoms with Gasteiger partial charge in [0.25, 0.3) is 0 Å². The lowest BCUT2D eigenvalue weighted by atomic mass is 9.86. The Hall–Kier alpha value is -6.06. The van der Waals surface area contributed by atoms with Crippen LogP contribution in [0.4, 0.5) is 0 Å². The zero-order valence-electron chi connectivity index (χ0n) is 27.3. The summed E-state index contributed by atoms with van der Waals surface area (Å²) in [4.78, 5) is 10.7. The van der Waals surface area contributed by atoms with Crippen LogP contribution < -0.4 is 0 Å². The van der Waals surface area contributed by atoms with E-state index in [-0.39, 0.29) is 12.0 Å². The van der Waals surface area contributed by atoms with Gasteiger partial charge in [-0.05, 0) is 86.8 Å². The van der Waals surface area contributed by atoms with Crippen LogP contribution in [0.25, 0.3) is 55.0 Å². The van der Waals surface area contributed by atoms with E-state index in [1.807, 2.05) is 6.07 Å². The van der Waals surface area contributed by atoms with Gasteiger partial charge in [0, 0.05) is 16.3 Å². The van der Waals surface area contributed by atoms with E-state index in [0.29, 0.717) is 0 Å². The minimum Gasteiger partial charge on any atom is -0.456 e. The molecule has 7 aromatic carbocycles. The van der Waals surface area contributed by atoms with Crippen molar-refractivity contribution in [1.29, 1.82) is 0 Å². The predicted molar refractivity (Wildman–Crippen MR) is 205 cm³/mol. The van der Waals surface area contributed by atoms with Gasteiger partial charge in [0.1, 0.15) is 11.2 Å². The average molecular weight is 631 g/mol. The van der Waals surface area contributed by atoms with Crippen LogP contribution in [0.1, 0.15) is 36.1 Å². The Labute approximate surface area is 285 Å². The van der Waals surface area contributed by atoms with Crippen LogP contribution in [0.3, 0.4) is 0 Å². The van der Waals surface area contributed by atoms with Gasteiger partial charge in [0.05, 0.1) is 11.8 Å². The molecule has 0 saturated carbocycles. The maximum atomic E-state index is 6.76. The highest BCUT2D eigenvalue weighted by Crippen LogP contribution is 2.43. The van der Waals surface area contributed by atoms with Gasteiger partial charge in [0.2, 0.25) is 0 Å². The summed E-state index contributed by atoms with van der Waals surface area (Å²) in [5.41, 5.74) is 10.8. The first kappa shape index (κ1) is 29.1. The zero-order valence-corrected chi connectivity index (χ0v) is 27.3. The summed E-state index contributed by atoms with van der Waals surface area (Å²) in [6.07, 6.45) is 0.802. The van der Waals surface area contributed by atoms with Crippen LogP contribution >= 0.6 is 0 Å². The minimum atomic E-state index is -0.132. The van der Waals surface area contributed by atoms with E-state index in [1.54, 1.807) is 0 Å². The quantitative estimate of drug-likeness (QED) is 0.186. The minimum absolute atomic E-state index is 0.132. The van der Waals surface area contributed by atoms with Crippen molar-refractivity contribution in [3.05, 3.63) is 180 Å². The number of hydrogen-bond donors (Lipinski definition) is 0. The van der Waals surface area contributed by atoms with E-state index < -0.39 is 0 Å². The molecule has 0 radical (unpaired) electrons. The lowest BCUT2D eigenvalue weighted by molar-refractivity contribution is 0.493. The number of nitrogens with zero attached hydrogens (tertiary/aromatic N) is 2. The van der Waals surface area contributed by atoms with Crippen LogP contribution in [0, 0.1) is 5.92 Å². The van der Waals surface area contributed by atoms with Crippen LogP contribution in [0.5, 0.6) is 0 Å². The third-order valence-corrected chi connectivity index (χ3v) is 9.78. The molecule has 2 atom stereocenters. The van der Waals surface area contributed by atoms with Crippen LogP contribution in [-0.4, -0.2) is 11.5 Å². The highest BCUT2D eigenvalue weighted by molar-refractivity contribution is 6.16. The van der Waals surface area contributed by atoms with Gasteiger partial charge in [-0.25, -0.2) is 4.99 Å². The Morgan fingerprint density at radius 1 is 0.531 bits per heavy atom. The lowest BCUT2D eigenvalue weighted by Crippen LogP contribution is -2.12. The van der Waals surface area contributed by atoms with E-state index >= 15 is 0 Å². The highest BCUT2D eigenvalue weighted by atomic mass is 16.3. The number of fused-ring (bicyclic) bond motifs is 4. The molecule has 0 bridgehead atoms. The maximum Gasteiger partial charge on any atom is 0.155 e. The largest absolute Gasteiger partial charge is 0.456 e. The number of furan rings is 1. The fourth-order valence-corrected chi connectivity index (χ4v) is 7.33. The highest BCUT2D eigenvalue weighted by Gasteiger charge is 2.28. The second-order valence-corrected chi connectivity index (χ2v) is 13.1. The van der Waals surface area contributed by atoms with Crippen molar-refractivity contribution < 1.29 is 4.42 Å². The first-order valence-electron chi connectivity index (χ1n) is 17.0. The van der Waals surface area contributed by atoms with Crippen molar-refractivity contribution in [3.63, 3.8) is 0 Å². The summed E-state index contributed by atoms with van der Waals surface area (Å²) in [6, 6.07) is 57.7. The molecule has 3 nitrogen and oxygen atoms in total. The van der Waals surface area contributed by atoms with Crippen molar-refractivity contribution in [2.24, 2.45) is 15.9 Å². The van der Waals surface area contributed by atoms with Crippen LogP contribution in [0.2, 0.25) is 0 Å². The SMILES string of the molecule is CC1CC(c2ccccc2)=NC(c2ccccc2)=NC1c1cc(-c2cccc(-c3ccccc3)c2)c2c(c1)oc1cc3ccccc3cc12. The van der Waals surface area contributed by atoms with Gasteiger partial charge in [0.15, 0.2) is 5.84 Å². The number of amidine groups is 1. The van der Waals surface area contributed by atoms with Crippen molar-refractivity contribution in [2.45, 2.75) is 19.4 Å². The Balaban J connectivity index is 1.27. The first-order chi connectivity index (χ1) is 24.2. The average Bonchev–Trinajstić information content (AvgIpc) is 3.42. The van der Waals surface area contributed by atoms with Crippen molar-refractivity contribution in [3.8, 4) is 22.3 Å². The van der Waals surface area contributed by atoms with Crippen LogP contribution in [0.15, 0.2) is 178 Å². The molecule has 2 unspecified atom stereocenters. The molecule has 9 rings (SSSR count). The molecule has 8 aromatic rings. The molecule has 1 aliphatic rings. The Morgan fingerprint density at radius 3 is 1.88 bits per heavy atom. The number of hydrogen-bond acceptors (Lipinski definition) is 3. The molecular formula is C46H34N2O. The summed E-state index contributed by atoms with van der Waals surface area (Å²) >= 11 is 0. The summed E-state index contributed by atoms with van der Waals surface area (Å²) in [5.74, 6) is 0.950. The topological polar surface area (TPSA) is 37.9 Å².